The molecule has 0 saturated heterocycles. The van der Waals surface area contributed by atoms with Crippen molar-refractivity contribution in [3.8, 4) is 0 Å². The van der Waals surface area contributed by atoms with Crippen molar-refractivity contribution in [3.05, 3.63) is 12.4 Å². The van der Waals surface area contributed by atoms with Gasteiger partial charge in [-0.15, -0.1) is 0 Å². The quantitative estimate of drug-likeness (QED) is 0.0719. The van der Waals surface area contributed by atoms with Crippen LogP contribution in [-0.2, 0) is 0 Å². The third kappa shape index (κ3) is 23.5. The van der Waals surface area contributed by atoms with Gasteiger partial charge in [-0.3, -0.25) is 0 Å². The van der Waals surface area contributed by atoms with Gasteiger partial charge in [-0.2, -0.15) is 0 Å². The van der Waals surface area contributed by atoms with Crippen molar-refractivity contribution in [1.29, 1.82) is 0 Å². The van der Waals surface area contributed by atoms with E-state index in [2.05, 4.69) is 43.0 Å². The van der Waals surface area contributed by atoms with E-state index in [1.165, 1.54) is 212 Å². The number of hydrogen-bond acceptors (Lipinski definition) is 2. The average Bonchev–Trinajstić information content (AvgIpc) is 3.37. The molecule has 0 spiro atoms. The van der Waals surface area contributed by atoms with Crippen molar-refractivity contribution < 1.29 is 0 Å². The van der Waals surface area contributed by atoms with Crippen molar-refractivity contribution in [2.75, 3.05) is 13.1 Å². The molecular weight excluding hydrogens is 496 g/mol. The molecular formula is C39H78N2. The molecule has 41 heavy (non-hydrogen) atoms. The second-order valence-electron chi connectivity index (χ2n) is 13.6. The van der Waals surface area contributed by atoms with Crippen LogP contribution >= 0.6 is 0 Å². The molecule has 1 aliphatic rings. The predicted octanol–water partition coefficient (Wildman–Crippen LogP) is 13.6. The molecule has 0 saturated carbocycles. The first-order valence-electron chi connectivity index (χ1n) is 19.5. The minimum Gasteiger partial charge on any atom is -0.356 e. The van der Waals surface area contributed by atoms with Crippen LogP contribution in [0.1, 0.15) is 220 Å². The second-order valence-corrected chi connectivity index (χ2v) is 13.6. The first-order chi connectivity index (χ1) is 20.3. The van der Waals surface area contributed by atoms with Crippen molar-refractivity contribution in [2.45, 2.75) is 226 Å². The van der Waals surface area contributed by atoms with Gasteiger partial charge in [0.05, 0.1) is 0 Å². The Morgan fingerprint density at radius 2 is 0.561 bits per heavy atom. The Morgan fingerprint density at radius 1 is 0.317 bits per heavy atom. The van der Waals surface area contributed by atoms with Gasteiger partial charge in [0.2, 0.25) is 0 Å². The average molecular weight is 575 g/mol. The van der Waals surface area contributed by atoms with Gasteiger partial charge in [0.15, 0.2) is 0 Å². The number of rotatable bonds is 33. The maximum atomic E-state index is 2.71. The summed E-state index contributed by atoms with van der Waals surface area (Å²) in [6, 6.07) is 0. The van der Waals surface area contributed by atoms with Gasteiger partial charge in [0.25, 0.3) is 0 Å². The van der Waals surface area contributed by atoms with Gasteiger partial charge in [-0.25, -0.2) is 0 Å². The molecule has 0 aromatic carbocycles. The van der Waals surface area contributed by atoms with Gasteiger partial charge in [0.1, 0.15) is 6.17 Å². The molecule has 0 N–H and O–H groups in total. The SMILES string of the molecule is CCCCCCCCCCCCCCCCC1N(CCCCCC)C=CN1CCCCCCCCCCCCCC. The molecule has 0 amide bonds. The largest absolute Gasteiger partial charge is 0.356 e. The van der Waals surface area contributed by atoms with Gasteiger partial charge in [0, 0.05) is 25.5 Å². The second kappa shape index (κ2) is 30.8. The van der Waals surface area contributed by atoms with Crippen molar-refractivity contribution >= 4 is 0 Å². The van der Waals surface area contributed by atoms with Crippen LogP contribution in [0, 0.1) is 0 Å². The summed E-state index contributed by atoms with van der Waals surface area (Å²) in [4.78, 5) is 5.40. The zero-order valence-electron chi connectivity index (χ0n) is 29.0. The fraction of sp³-hybridized carbons (Fsp3) is 0.949. The number of hydrogen-bond donors (Lipinski definition) is 0. The van der Waals surface area contributed by atoms with E-state index in [4.69, 9.17) is 0 Å². The smallest absolute Gasteiger partial charge is 0.101 e. The summed E-state index contributed by atoms with van der Waals surface area (Å²) in [5.74, 6) is 0. The van der Waals surface area contributed by atoms with Gasteiger partial charge in [-0.05, 0) is 25.7 Å². The maximum absolute atomic E-state index is 2.71. The molecule has 0 aromatic rings. The van der Waals surface area contributed by atoms with Crippen LogP contribution in [0.25, 0.3) is 0 Å². The third-order valence-corrected chi connectivity index (χ3v) is 9.57. The summed E-state index contributed by atoms with van der Waals surface area (Å²) in [5.41, 5.74) is 0. The standard InChI is InChI=1S/C39H78N2/c1-4-7-10-13-15-17-19-21-22-23-25-27-29-31-34-39-40(35-32-12-9-6-3)37-38-41(39)36-33-30-28-26-24-20-18-16-14-11-8-5-2/h37-39H,4-36H2,1-3H3. The van der Waals surface area contributed by atoms with Crippen LogP contribution in [0.5, 0.6) is 0 Å². The highest BCUT2D eigenvalue weighted by Gasteiger charge is 2.24. The summed E-state index contributed by atoms with van der Waals surface area (Å²) < 4.78 is 0. The first-order valence-corrected chi connectivity index (χ1v) is 19.5. The molecule has 1 aliphatic heterocycles. The Labute approximate surface area is 260 Å². The predicted molar refractivity (Wildman–Crippen MR) is 186 cm³/mol. The fourth-order valence-corrected chi connectivity index (χ4v) is 6.72. The summed E-state index contributed by atoms with van der Waals surface area (Å²) in [6.45, 7) is 9.47. The third-order valence-electron chi connectivity index (χ3n) is 9.57. The van der Waals surface area contributed by atoms with Gasteiger partial charge >= 0.3 is 0 Å². The zero-order chi connectivity index (χ0) is 29.5. The van der Waals surface area contributed by atoms with Crippen LogP contribution in [-0.4, -0.2) is 29.1 Å². The Balaban J connectivity index is 2.12. The van der Waals surface area contributed by atoms with E-state index in [0.717, 1.165) is 0 Å². The lowest BCUT2D eigenvalue weighted by Crippen LogP contribution is -2.39. The summed E-state index contributed by atoms with van der Waals surface area (Å²) in [6.07, 6.45) is 50.0. The van der Waals surface area contributed by atoms with E-state index >= 15 is 0 Å². The van der Waals surface area contributed by atoms with Crippen LogP contribution in [0.4, 0.5) is 0 Å². The molecule has 0 fully saturated rings. The summed E-state index contributed by atoms with van der Waals surface area (Å²) in [5, 5.41) is 0. The summed E-state index contributed by atoms with van der Waals surface area (Å²) >= 11 is 0. The number of unbranched alkanes of at least 4 members (excludes halogenated alkanes) is 27. The highest BCUT2D eigenvalue weighted by molar-refractivity contribution is 4.97. The van der Waals surface area contributed by atoms with Crippen molar-refractivity contribution in [3.63, 3.8) is 0 Å². The molecule has 0 aromatic heterocycles. The van der Waals surface area contributed by atoms with Crippen LogP contribution in [0.3, 0.4) is 0 Å². The molecule has 2 heteroatoms. The minimum atomic E-state index is 0.640. The lowest BCUT2D eigenvalue weighted by atomic mass is 10.0. The topological polar surface area (TPSA) is 6.48 Å². The molecule has 1 rings (SSSR count). The highest BCUT2D eigenvalue weighted by Crippen LogP contribution is 2.24. The van der Waals surface area contributed by atoms with E-state index in [1.54, 1.807) is 0 Å². The normalized spacial score (nSPS) is 15.0. The zero-order valence-corrected chi connectivity index (χ0v) is 29.0. The highest BCUT2D eigenvalue weighted by atomic mass is 15.4. The van der Waals surface area contributed by atoms with E-state index in [1.807, 2.05) is 0 Å². The molecule has 1 unspecified atom stereocenters. The Bertz CT molecular complexity index is 530. The maximum Gasteiger partial charge on any atom is 0.101 e. The van der Waals surface area contributed by atoms with Crippen LogP contribution in [0.2, 0.25) is 0 Å². The van der Waals surface area contributed by atoms with E-state index in [-0.39, 0.29) is 0 Å². The van der Waals surface area contributed by atoms with Crippen LogP contribution in [0.15, 0.2) is 12.4 Å². The van der Waals surface area contributed by atoms with E-state index < -0.39 is 0 Å². The molecule has 0 aliphatic carbocycles. The molecule has 1 atom stereocenters. The molecule has 2 nitrogen and oxygen atoms in total. The molecule has 244 valence electrons. The van der Waals surface area contributed by atoms with Crippen LogP contribution < -0.4 is 0 Å². The van der Waals surface area contributed by atoms with Gasteiger partial charge in [-0.1, -0.05) is 194 Å². The molecule has 0 bridgehead atoms. The molecule has 1 heterocycles. The Morgan fingerprint density at radius 3 is 0.878 bits per heavy atom. The lowest BCUT2D eigenvalue weighted by molar-refractivity contribution is 0.135. The lowest BCUT2D eigenvalue weighted by Gasteiger charge is -2.33. The Kier molecular flexibility index (Phi) is 28.8. The minimum absolute atomic E-state index is 0.640. The Hall–Kier alpha value is -0.660. The molecule has 0 radical (unpaired) electrons. The van der Waals surface area contributed by atoms with Crippen molar-refractivity contribution in [2.24, 2.45) is 0 Å². The fourth-order valence-electron chi connectivity index (χ4n) is 6.72. The van der Waals surface area contributed by atoms with E-state index in [9.17, 15) is 0 Å². The number of nitrogens with zero attached hydrogens (tertiary/aromatic N) is 2. The first kappa shape index (κ1) is 38.4. The van der Waals surface area contributed by atoms with Gasteiger partial charge < -0.3 is 9.80 Å². The monoisotopic (exact) mass is 575 g/mol. The summed E-state index contributed by atoms with van der Waals surface area (Å²) in [7, 11) is 0. The van der Waals surface area contributed by atoms with Crippen molar-refractivity contribution in [1.82, 2.24) is 9.80 Å². The van der Waals surface area contributed by atoms with E-state index in [0.29, 0.717) is 6.17 Å².